The molecule has 10 heavy (non-hydrogen) atoms. The molecule has 0 aromatic heterocycles. The Kier molecular flexibility index (Phi) is 2.41. The van der Waals surface area contributed by atoms with E-state index in [1.54, 1.807) is 0 Å². The molecule has 5 heteroatoms. The van der Waals surface area contributed by atoms with E-state index in [9.17, 15) is 18.0 Å². The maximum Gasteiger partial charge on any atom is 0.451 e. The van der Waals surface area contributed by atoms with Gasteiger partial charge in [0.25, 0.3) is 5.78 Å². The quantitative estimate of drug-likeness (QED) is 0.566. The molecule has 0 aromatic rings. The summed E-state index contributed by atoms with van der Waals surface area (Å²) < 4.78 is 34.2. The Morgan fingerprint density at radius 3 is 2.10 bits per heavy atom. The number of hydrogen-bond acceptors (Lipinski definition) is 2. The fraction of sp³-hybridized carbons (Fsp3) is 0.600. The van der Waals surface area contributed by atoms with E-state index in [4.69, 9.17) is 5.26 Å². The second-order valence-electron chi connectivity index (χ2n) is 1.71. The summed E-state index contributed by atoms with van der Waals surface area (Å²) in [6, 6.07) is 1.20. The molecule has 0 heterocycles. The van der Waals surface area contributed by atoms with Crippen molar-refractivity contribution in [2.75, 3.05) is 0 Å². The molecule has 1 atom stereocenters. The van der Waals surface area contributed by atoms with Crippen LogP contribution in [0.2, 0.25) is 0 Å². The molecular weight excluding hydrogens is 147 g/mol. The number of carbonyl (C=O) groups excluding carboxylic acids is 1. The molecule has 0 N–H and O–H groups in total. The number of Topliss-reactive ketones (excluding diaryl/α,β-unsaturated/α-hetero) is 1. The summed E-state index contributed by atoms with van der Waals surface area (Å²) in [7, 11) is 0. The summed E-state index contributed by atoms with van der Waals surface area (Å²) in [6.07, 6.45) is -4.88. The van der Waals surface area contributed by atoms with Crippen LogP contribution in [0.25, 0.3) is 0 Å². The molecule has 0 radical (unpaired) electrons. The van der Waals surface area contributed by atoms with E-state index < -0.39 is 17.9 Å². The highest BCUT2D eigenvalue weighted by Crippen LogP contribution is 2.19. The third-order valence-electron chi connectivity index (χ3n) is 0.866. The summed E-state index contributed by atoms with van der Waals surface area (Å²) in [5.41, 5.74) is 0. The van der Waals surface area contributed by atoms with Crippen LogP contribution in [0.4, 0.5) is 13.2 Å². The predicted octanol–water partition coefficient (Wildman–Crippen LogP) is 1.28. The van der Waals surface area contributed by atoms with Gasteiger partial charge in [0.15, 0.2) is 0 Å². The van der Waals surface area contributed by atoms with Gasteiger partial charge in [0.05, 0.1) is 6.07 Å². The van der Waals surface area contributed by atoms with E-state index in [2.05, 4.69) is 0 Å². The maximum atomic E-state index is 11.4. The number of carbonyl (C=O) groups is 1. The summed E-state index contributed by atoms with van der Waals surface area (Å²) in [5, 5.41) is 7.90. The second kappa shape index (κ2) is 2.69. The average Bonchev–Trinajstić information content (AvgIpc) is 1.83. The molecule has 2 nitrogen and oxygen atoms in total. The summed E-state index contributed by atoms with van der Waals surface area (Å²) in [6.45, 7) is 0.913. The lowest BCUT2D eigenvalue weighted by molar-refractivity contribution is -0.173. The molecule has 0 unspecified atom stereocenters. The van der Waals surface area contributed by atoms with Crippen LogP contribution in [0, 0.1) is 17.2 Å². The van der Waals surface area contributed by atoms with E-state index >= 15 is 0 Å². The Bertz CT molecular complexity index is 178. The monoisotopic (exact) mass is 151 g/mol. The molecule has 0 saturated carbocycles. The van der Waals surface area contributed by atoms with Gasteiger partial charge >= 0.3 is 6.18 Å². The summed E-state index contributed by atoms with van der Waals surface area (Å²) in [5.74, 6) is -3.59. The SMILES string of the molecule is C[C@@H](C#N)C(=O)C(F)(F)F. The minimum atomic E-state index is -4.88. The minimum Gasteiger partial charge on any atom is -0.288 e. The van der Waals surface area contributed by atoms with Gasteiger partial charge in [-0.25, -0.2) is 0 Å². The highest BCUT2D eigenvalue weighted by atomic mass is 19.4. The predicted molar refractivity (Wildman–Crippen MR) is 25.8 cm³/mol. The van der Waals surface area contributed by atoms with Crippen LogP contribution >= 0.6 is 0 Å². The van der Waals surface area contributed by atoms with Gasteiger partial charge in [-0.2, -0.15) is 18.4 Å². The van der Waals surface area contributed by atoms with Crippen molar-refractivity contribution in [3.63, 3.8) is 0 Å². The number of nitriles is 1. The van der Waals surface area contributed by atoms with E-state index in [-0.39, 0.29) is 0 Å². The smallest absolute Gasteiger partial charge is 0.288 e. The standard InChI is InChI=1S/C5H4F3NO/c1-3(2-9)4(10)5(6,7)8/h3H,1H3/t3-/m0/s1. The molecule has 56 valence electrons. The Hall–Kier alpha value is -1.05. The first-order chi connectivity index (χ1) is 4.39. The first-order valence-corrected chi connectivity index (χ1v) is 2.40. The minimum absolute atomic E-state index is 0.913. The molecule has 0 spiro atoms. The van der Waals surface area contributed by atoms with E-state index in [1.165, 1.54) is 6.07 Å². The molecule has 0 amide bonds. The van der Waals surface area contributed by atoms with Crippen LogP contribution in [-0.2, 0) is 4.79 Å². The van der Waals surface area contributed by atoms with Gasteiger partial charge in [-0.05, 0) is 6.92 Å². The molecule has 0 fully saturated rings. The van der Waals surface area contributed by atoms with Crippen molar-refractivity contribution in [2.24, 2.45) is 5.92 Å². The average molecular weight is 151 g/mol. The number of ketones is 1. The van der Waals surface area contributed by atoms with E-state index in [1.807, 2.05) is 0 Å². The zero-order chi connectivity index (χ0) is 8.36. The van der Waals surface area contributed by atoms with Gasteiger partial charge in [0.2, 0.25) is 0 Å². The summed E-state index contributed by atoms with van der Waals surface area (Å²) in [4.78, 5) is 10.0. The van der Waals surface area contributed by atoms with Crippen molar-refractivity contribution in [1.82, 2.24) is 0 Å². The molecule has 0 aliphatic rings. The van der Waals surface area contributed by atoms with Crippen molar-refractivity contribution in [2.45, 2.75) is 13.1 Å². The Balaban J connectivity index is 4.27. The van der Waals surface area contributed by atoms with Gasteiger partial charge < -0.3 is 0 Å². The van der Waals surface area contributed by atoms with Crippen LogP contribution in [0.15, 0.2) is 0 Å². The number of rotatable bonds is 1. The Morgan fingerprint density at radius 1 is 1.60 bits per heavy atom. The Labute approximate surface area is 55.2 Å². The first-order valence-electron chi connectivity index (χ1n) is 2.40. The molecule has 0 saturated heterocycles. The maximum absolute atomic E-state index is 11.4. The van der Waals surface area contributed by atoms with Gasteiger partial charge in [-0.3, -0.25) is 4.79 Å². The molecule has 0 rings (SSSR count). The topological polar surface area (TPSA) is 40.9 Å². The van der Waals surface area contributed by atoms with E-state index in [0.29, 0.717) is 0 Å². The Morgan fingerprint density at radius 2 is 2.00 bits per heavy atom. The van der Waals surface area contributed by atoms with Crippen LogP contribution in [0.3, 0.4) is 0 Å². The number of alkyl halides is 3. The molecule has 0 bridgehead atoms. The fourth-order valence-corrected chi connectivity index (χ4v) is 0.304. The van der Waals surface area contributed by atoms with Crippen LogP contribution in [0.1, 0.15) is 6.92 Å². The molecule has 0 aromatic carbocycles. The highest BCUT2D eigenvalue weighted by molar-refractivity contribution is 5.87. The molecule has 0 aliphatic carbocycles. The van der Waals surface area contributed by atoms with E-state index in [0.717, 1.165) is 6.92 Å². The fourth-order valence-electron chi connectivity index (χ4n) is 0.304. The van der Waals surface area contributed by atoms with Crippen LogP contribution < -0.4 is 0 Å². The lowest BCUT2D eigenvalue weighted by atomic mass is 10.1. The van der Waals surface area contributed by atoms with Crippen molar-refractivity contribution < 1.29 is 18.0 Å². The van der Waals surface area contributed by atoms with Crippen molar-refractivity contribution >= 4 is 5.78 Å². The summed E-state index contributed by atoms with van der Waals surface area (Å²) >= 11 is 0. The van der Waals surface area contributed by atoms with Gasteiger partial charge in [0.1, 0.15) is 5.92 Å². The van der Waals surface area contributed by atoms with Gasteiger partial charge in [-0.1, -0.05) is 0 Å². The van der Waals surface area contributed by atoms with Gasteiger partial charge in [-0.15, -0.1) is 0 Å². The lowest BCUT2D eigenvalue weighted by Crippen LogP contribution is -2.27. The highest BCUT2D eigenvalue weighted by Gasteiger charge is 2.41. The third kappa shape index (κ3) is 2.05. The lowest BCUT2D eigenvalue weighted by Gasteiger charge is -2.04. The molecular formula is C5H4F3NO. The van der Waals surface area contributed by atoms with Crippen molar-refractivity contribution in [3.05, 3.63) is 0 Å². The largest absolute Gasteiger partial charge is 0.451 e. The van der Waals surface area contributed by atoms with Gasteiger partial charge in [0, 0.05) is 0 Å². The number of hydrogen-bond donors (Lipinski definition) is 0. The third-order valence-corrected chi connectivity index (χ3v) is 0.866. The second-order valence-corrected chi connectivity index (χ2v) is 1.71. The zero-order valence-corrected chi connectivity index (χ0v) is 5.07. The zero-order valence-electron chi connectivity index (χ0n) is 5.07. The normalized spacial score (nSPS) is 13.9. The van der Waals surface area contributed by atoms with Crippen LogP contribution in [-0.4, -0.2) is 12.0 Å². The van der Waals surface area contributed by atoms with Crippen LogP contribution in [0.5, 0.6) is 0 Å². The first kappa shape index (κ1) is 8.95. The molecule has 0 aliphatic heterocycles. The van der Waals surface area contributed by atoms with Crippen molar-refractivity contribution in [3.8, 4) is 6.07 Å². The number of nitrogens with zero attached hydrogens (tertiary/aromatic N) is 1. The van der Waals surface area contributed by atoms with Crippen molar-refractivity contribution in [1.29, 1.82) is 5.26 Å². The number of halogens is 3.